The van der Waals surface area contributed by atoms with Gasteiger partial charge in [-0.1, -0.05) is 43.0 Å². The van der Waals surface area contributed by atoms with Crippen molar-refractivity contribution in [1.29, 1.82) is 0 Å². The summed E-state index contributed by atoms with van der Waals surface area (Å²) in [5, 5.41) is 1.14. The van der Waals surface area contributed by atoms with Gasteiger partial charge < -0.3 is 9.47 Å². The highest BCUT2D eigenvalue weighted by molar-refractivity contribution is 5.84. The highest BCUT2D eigenvalue weighted by Crippen LogP contribution is 2.28. The standard InChI is InChI=1S/C30H25F6NO2/c1-2-13-38-24-11-10-23(37-17-24)9-4-19-5-12-25-22(14-19)8-7-21(28(25)33)6-3-20-15-26(31)29(27(32)16-20)39-18-30(34,35)36/h2,5,7-8,10-12,14-17H,1,3-4,6,9,13,18H2. The number of halogens is 6. The van der Waals surface area contributed by atoms with E-state index >= 15 is 4.39 Å². The van der Waals surface area contributed by atoms with Gasteiger partial charge in [0.25, 0.3) is 0 Å². The molecule has 1 aromatic heterocycles. The van der Waals surface area contributed by atoms with E-state index in [0.717, 1.165) is 28.8 Å². The Labute approximate surface area is 221 Å². The molecule has 0 atom stereocenters. The fourth-order valence-electron chi connectivity index (χ4n) is 4.13. The summed E-state index contributed by atoms with van der Waals surface area (Å²) in [5.74, 6) is -3.34. The van der Waals surface area contributed by atoms with Gasteiger partial charge in [-0.05, 0) is 72.0 Å². The second kappa shape index (κ2) is 12.2. The van der Waals surface area contributed by atoms with Crippen LogP contribution in [0.2, 0.25) is 0 Å². The van der Waals surface area contributed by atoms with E-state index in [1.807, 2.05) is 24.3 Å². The predicted octanol–water partition coefficient (Wildman–Crippen LogP) is 7.73. The van der Waals surface area contributed by atoms with E-state index in [0.29, 0.717) is 36.1 Å². The number of hydrogen-bond donors (Lipinski definition) is 0. The molecule has 39 heavy (non-hydrogen) atoms. The molecule has 0 radical (unpaired) electrons. The van der Waals surface area contributed by atoms with Crippen molar-refractivity contribution in [3.05, 3.63) is 113 Å². The molecule has 0 saturated carbocycles. The number of ether oxygens (including phenoxy) is 2. The molecule has 0 bridgehead atoms. The lowest BCUT2D eigenvalue weighted by Crippen LogP contribution is -2.20. The SMILES string of the molecule is C=CCOc1ccc(CCc2ccc3c(F)c(CCc4cc(F)c(OCC(F)(F)F)c(F)c4)ccc3c2)nc1. The Morgan fingerprint density at radius 3 is 2.21 bits per heavy atom. The van der Waals surface area contributed by atoms with Gasteiger partial charge in [-0.3, -0.25) is 4.98 Å². The van der Waals surface area contributed by atoms with Crippen LogP contribution in [0, 0.1) is 17.5 Å². The summed E-state index contributed by atoms with van der Waals surface area (Å²) in [6, 6.07) is 14.4. The van der Waals surface area contributed by atoms with Gasteiger partial charge >= 0.3 is 6.18 Å². The summed E-state index contributed by atoms with van der Waals surface area (Å²) < 4.78 is 90.1. The molecule has 0 unspecified atom stereocenters. The molecule has 0 N–H and O–H groups in total. The van der Waals surface area contributed by atoms with Crippen LogP contribution in [0.5, 0.6) is 11.5 Å². The zero-order valence-corrected chi connectivity index (χ0v) is 20.8. The molecule has 0 spiro atoms. The van der Waals surface area contributed by atoms with Gasteiger partial charge in [0.15, 0.2) is 24.0 Å². The van der Waals surface area contributed by atoms with E-state index in [4.69, 9.17) is 4.74 Å². The van der Waals surface area contributed by atoms with Crippen molar-refractivity contribution in [1.82, 2.24) is 4.98 Å². The number of aromatic nitrogens is 1. The molecule has 0 aliphatic carbocycles. The minimum Gasteiger partial charge on any atom is -0.488 e. The first-order chi connectivity index (χ1) is 18.6. The third kappa shape index (κ3) is 7.52. The molecule has 4 rings (SSSR count). The lowest BCUT2D eigenvalue weighted by Gasteiger charge is -2.12. The normalized spacial score (nSPS) is 11.5. The number of alkyl halides is 3. The number of pyridine rings is 1. The quantitative estimate of drug-likeness (QED) is 0.143. The molecule has 1 heterocycles. The van der Waals surface area contributed by atoms with E-state index in [1.165, 1.54) is 0 Å². The second-order valence-corrected chi connectivity index (χ2v) is 8.97. The number of benzene rings is 3. The summed E-state index contributed by atoms with van der Waals surface area (Å²) in [6.07, 6.45) is 0.219. The monoisotopic (exact) mass is 545 g/mol. The number of aryl methyl sites for hydroxylation is 4. The Hall–Kier alpha value is -4.01. The summed E-state index contributed by atoms with van der Waals surface area (Å²) in [7, 11) is 0. The summed E-state index contributed by atoms with van der Waals surface area (Å²) in [4.78, 5) is 4.40. The van der Waals surface area contributed by atoms with Crippen molar-refractivity contribution in [2.45, 2.75) is 31.9 Å². The number of rotatable bonds is 11. The molecule has 9 heteroatoms. The minimum atomic E-state index is -4.73. The fourth-order valence-corrected chi connectivity index (χ4v) is 4.13. The van der Waals surface area contributed by atoms with Crippen molar-refractivity contribution in [3.8, 4) is 11.5 Å². The maximum Gasteiger partial charge on any atom is 0.422 e. The Kier molecular flexibility index (Phi) is 8.79. The van der Waals surface area contributed by atoms with Gasteiger partial charge in [-0.2, -0.15) is 13.2 Å². The van der Waals surface area contributed by atoms with Crippen LogP contribution in [0.1, 0.15) is 22.4 Å². The van der Waals surface area contributed by atoms with Gasteiger partial charge in [0.1, 0.15) is 18.2 Å². The Morgan fingerprint density at radius 2 is 1.54 bits per heavy atom. The lowest BCUT2D eigenvalue weighted by atomic mass is 9.97. The number of nitrogens with zero attached hydrogens (tertiary/aromatic N) is 1. The molecular weight excluding hydrogens is 520 g/mol. The fraction of sp³-hybridized carbons (Fsp3) is 0.233. The van der Waals surface area contributed by atoms with Crippen LogP contribution in [0.3, 0.4) is 0 Å². The van der Waals surface area contributed by atoms with Crippen molar-refractivity contribution in [2.75, 3.05) is 13.2 Å². The zero-order chi connectivity index (χ0) is 28.0. The second-order valence-electron chi connectivity index (χ2n) is 8.97. The van der Waals surface area contributed by atoms with E-state index in [9.17, 15) is 22.0 Å². The van der Waals surface area contributed by atoms with Crippen molar-refractivity contribution < 1.29 is 35.8 Å². The Balaban J connectivity index is 1.39. The minimum absolute atomic E-state index is 0.0817. The van der Waals surface area contributed by atoms with Crippen LogP contribution < -0.4 is 9.47 Å². The van der Waals surface area contributed by atoms with Crippen molar-refractivity contribution >= 4 is 10.8 Å². The van der Waals surface area contributed by atoms with E-state index in [1.54, 1.807) is 30.5 Å². The Bertz CT molecular complexity index is 1430. The summed E-state index contributed by atoms with van der Waals surface area (Å²) >= 11 is 0. The van der Waals surface area contributed by atoms with Gasteiger partial charge in [-0.25, -0.2) is 13.2 Å². The molecule has 4 aromatic rings. The maximum absolute atomic E-state index is 15.2. The van der Waals surface area contributed by atoms with Crippen molar-refractivity contribution in [3.63, 3.8) is 0 Å². The average molecular weight is 546 g/mol. The zero-order valence-electron chi connectivity index (χ0n) is 20.8. The highest BCUT2D eigenvalue weighted by Gasteiger charge is 2.30. The molecular formula is C30H25F6NO2. The first kappa shape index (κ1) is 28.0. The maximum atomic E-state index is 15.2. The van der Waals surface area contributed by atoms with Crippen LogP contribution in [0.15, 0.2) is 73.4 Å². The van der Waals surface area contributed by atoms with Crippen LogP contribution in [0.4, 0.5) is 26.3 Å². The van der Waals surface area contributed by atoms with E-state index in [2.05, 4.69) is 16.3 Å². The lowest BCUT2D eigenvalue weighted by molar-refractivity contribution is -0.154. The van der Waals surface area contributed by atoms with Gasteiger partial charge in [0.2, 0.25) is 0 Å². The first-order valence-electron chi connectivity index (χ1n) is 12.2. The number of fused-ring (bicyclic) bond motifs is 1. The third-order valence-corrected chi connectivity index (χ3v) is 6.05. The molecule has 3 nitrogen and oxygen atoms in total. The van der Waals surface area contributed by atoms with E-state index in [-0.39, 0.29) is 18.4 Å². The highest BCUT2D eigenvalue weighted by atomic mass is 19.4. The van der Waals surface area contributed by atoms with Gasteiger partial charge in [0.05, 0.1) is 6.20 Å². The third-order valence-electron chi connectivity index (χ3n) is 6.05. The van der Waals surface area contributed by atoms with Gasteiger partial charge in [-0.15, -0.1) is 0 Å². The van der Waals surface area contributed by atoms with Crippen molar-refractivity contribution in [2.24, 2.45) is 0 Å². The van der Waals surface area contributed by atoms with Crippen LogP contribution in [-0.2, 0) is 25.7 Å². The first-order valence-corrected chi connectivity index (χ1v) is 12.2. The largest absolute Gasteiger partial charge is 0.488 e. The summed E-state index contributed by atoms with van der Waals surface area (Å²) in [6.45, 7) is 2.21. The number of hydrogen-bond acceptors (Lipinski definition) is 3. The molecule has 0 saturated heterocycles. The molecule has 0 amide bonds. The van der Waals surface area contributed by atoms with Crippen LogP contribution >= 0.6 is 0 Å². The van der Waals surface area contributed by atoms with Crippen LogP contribution in [0.25, 0.3) is 10.8 Å². The Morgan fingerprint density at radius 1 is 0.795 bits per heavy atom. The smallest absolute Gasteiger partial charge is 0.422 e. The molecule has 204 valence electrons. The molecule has 0 aliphatic rings. The molecule has 0 fully saturated rings. The predicted molar refractivity (Wildman–Crippen MR) is 137 cm³/mol. The van der Waals surface area contributed by atoms with Crippen LogP contribution in [-0.4, -0.2) is 24.4 Å². The molecule has 0 aliphatic heterocycles. The average Bonchev–Trinajstić information content (AvgIpc) is 2.90. The van der Waals surface area contributed by atoms with Gasteiger partial charge in [0, 0.05) is 11.1 Å². The summed E-state index contributed by atoms with van der Waals surface area (Å²) in [5.41, 5.74) is 2.45. The van der Waals surface area contributed by atoms with E-state index < -0.39 is 36.0 Å². The molecule has 3 aromatic carbocycles. The topological polar surface area (TPSA) is 31.4 Å².